The monoisotopic (exact) mass is 180 g/mol. The quantitative estimate of drug-likeness (QED) is 0.668. The predicted octanol–water partition coefficient (Wildman–Crippen LogP) is 2.68. The summed E-state index contributed by atoms with van der Waals surface area (Å²) in [7, 11) is 0. The highest BCUT2D eigenvalue weighted by atomic mass is 16.5. The van der Waals surface area contributed by atoms with Crippen LogP contribution in [0.15, 0.2) is 30.3 Å². The molecule has 2 heteroatoms. The number of aldehydes is 1. The first kappa shape index (κ1) is 11.7. The third-order valence-electron chi connectivity index (χ3n) is 1.22. The van der Waals surface area contributed by atoms with Crippen molar-refractivity contribution >= 4 is 6.29 Å². The fraction of sp³-hybridized carbons (Fsp3) is 0.364. The van der Waals surface area contributed by atoms with Gasteiger partial charge in [0.2, 0.25) is 0 Å². The van der Waals surface area contributed by atoms with Gasteiger partial charge >= 0.3 is 0 Å². The van der Waals surface area contributed by atoms with Crippen LogP contribution in [0.5, 0.6) is 5.75 Å². The third kappa shape index (κ3) is 7.06. The van der Waals surface area contributed by atoms with Crippen LogP contribution in [0, 0.1) is 0 Å². The molecule has 0 fully saturated rings. The summed E-state index contributed by atoms with van der Waals surface area (Å²) in [6.45, 7) is 4.53. The van der Waals surface area contributed by atoms with Crippen molar-refractivity contribution in [3.8, 4) is 5.75 Å². The zero-order valence-corrected chi connectivity index (χ0v) is 8.19. The van der Waals surface area contributed by atoms with Crippen LogP contribution in [0.4, 0.5) is 0 Å². The Morgan fingerprint density at radius 2 is 1.77 bits per heavy atom. The van der Waals surface area contributed by atoms with E-state index in [0.29, 0.717) is 6.42 Å². The summed E-state index contributed by atoms with van der Waals surface area (Å²) < 4.78 is 5.21. The second-order valence-electron chi connectivity index (χ2n) is 2.32. The highest BCUT2D eigenvalue weighted by Gasteiger charge is 1.83. The van der Waals surface area contributed by atoms with Crippen molar-refractivity contribution in [1.82, 2.24) is 0 Å². The molecule has 0 heterocycles. The number of rotatable bonds is 3. The Bertz CT molecular complexity index is 207. The summed E-state index contributed by atoms with van der Waals surface area (Å²) in [5.74, 6) is 0.944. The maximum Gasteiger partial charge on any atom is 0.119 e. The summed E-state index contributed by atoms with van der Waals surface area (Å²) in [5, 5.41) is 0. The predicted molar refractivity (Wildman–Crippen MR) is 54.0 cm³/mol. The second kappa shape index (κ2) is 8.78. The highest BCUT2D eigenvalue weighted by molar-refractivity contribution is 5.48. The number of para-hydroxylation sites is 1. The van der Waals surface area contributed by atoms with Gasteiger partial charge in [-0.25, -0.2) is 0 Å². The van der Waals surface area contributed by atoms with Crippen LogP contribution in [-0.4, -0.2) is 12.9 Å². The Kier molecular flexibility index (Phi) is 7.90. The molecular weight excluding hydrogens is 164 g/mol. The molecule has 0 unspecified atom stereocenters. The molecule has 72 valence electrons. The standard InChI is InChI=1S/C8H10O.C3H6O/c1-2-9-8-6-4-3-5-7-8;1-2-3-4/h3-7H,2H2,1H3;3H,2H2,1H3. The summed E-state index contributed by atoms with van der Waals surface area (Å²) in [6, 6.07) is 9.80. The molecule has 0 aliphatic heterocycles. The molecule has 0 bridgehead atoms. The van der Waals surface area contributed by atoms with Crippen LogP contribution < -0.4 is 4.74 Å². The van der Waals surface area contributed by atoms with E-state index in [-0.39, 0.29) is 0 Å². The van der Waals surface area contributed by atoms with E-state index in [1.54, 1.807) is 0 Å². The first-order chi connectivity index (χ1) is 6.35. The lowest BCUT2D eigenvalue weighted by atomic mass is 10.3. The number of benzene rings is 1. The molecule has 0 spiro atoms. The van der Waals surface area contributed by atoms with Crippen molar-refractivity contribution < 1.29 is 9.53 Å². The molecule has 1 aromatic rings. The lowest BCUT2D eigenvalue weighted by Crippen LogP contribution is -1.89. The van der Waals surface area contributed by atoms with Gasteiger partial charge < -0.3 is 9.53 Å². The molecule has 1 aromatic carbocycles. The van der Waals surface area contributed by atoms with Gasteiger partial charge in [0.05, 0.1) is 6.61 Å². The fourth-order valence-corrected chi connectivity index (χ4v) is 0.683. The minimum atomic E-state index is 0.639. The zero-order valence-electron chi connectivity index (χ0n) is 8.19. The van der Waals surface area contributed by atoms with Crippen LogP contribution >= 0.6 is 0 Å². The molecule has 0 amide bonds. The highest BCUT2D eigenvalue weighted by Crippen LogP contribution is 2.06. The minimum absolute atomic E-state index is 0.639. The van der Waals surface area contributed by atoms with Crippen molar-refractivity contribution in [3.05, 3.63) is 30.3 Å². The Labute approximate surface area is 79.5 Å². The van der Waals surface area contributed by atoms with Crippen LogP contribution in [0.2, 0.25) is 0 Å². The van der Waals surface area contributed by atoms with Crippen molar-refractivity contribution in [1.29, 1.82) is 0 Å². The molecule has 0 saturated carbocycles. The van der Waals surface area contributed by atoms with E-state index < -0.39 is 0 Å². The van der Waals surface area contributed by atoms with Gasteiger partial charge in [-0.05, 0) is 19.1 Å². The van der Waals surface area contributed by atoms with E-state index in [0.717, 1.165) is 18.6 Å². The van der Waals surface area contributed by atoms with Crippen molar-refractivity contribution in [3.63, 3.8) is 0 Å². The van der Waals surface area contributed by atoms with Crippen molar-refractivity contribution in [2.24, 2.45) is 0 Å². The zero-order chi connectivity index (χ0) is 9.94. The molecule has 1 rings (SSSR count). The maximum atomic E-state index is 9.17. The smallest absolute Gasteiger partial charge is 0.119 e. The number of carbonyl (C=O) groups excluding carboxylic acids is 1. The van der Waals surface area contributed by atoms with Gasteiger partial charge in [0.1, 0.15) is 12.0 Å². The minimum Gasteiger partial charge on any atom is -0.494 e. The Balaban J connectivity index is 0.000000310. The lowest BCUT2D eigenvalue weighted by molar-refractivity contribution is -0.107. The summed E-state index contributed by atoms with van der Waals surface area (Å²) >= 11 is 0. The van der Waals surface area contributed by atoms with E-state index in [1.807, 2.05) is 44.2 Å². The fourth-order valence-electron chi connectivity index (χ4n) is 0.683. The average molecular weight is 180 g/mol. The van der Waals surface area contributed by atoms with E-state index in [2.05, 4.69) is 0 Å². The normalized spacial score (nSPS) is 8.15. The number of ether oxygens (including phenoxy) is 1. The molecule has 2 nitrogen and oxygen atoms in total. The largest absolute Gasteiger partial charge is 0.494 e. The SMILES string of the molecule is CCC=O.CCOc1ccccc1. The van der Waals surface area contributed by atoms with Crippen LogP contribution in [-0.2, 0) is 4.79 Å². The molecule has 0 atom stereocenters. The van der Waals surface area contributed by atoms with Crippen molar-refractivity contribution in [2.45, 2.75) is 20.3 Å². The van der Waals surface area contributed by atoms with Gasteiger partial charge in [0, 0.05) is 6.42 Å². The summed E-state index contributed by atoms with van der Waals surface area (Å²) in [6.07, 6.45) is 1.51. The Morgan fingerprint density at radius 1 is 1.23 bits per heavy atom. The van der Waals surface area contributed by atoms with Crippen LogP contribution in [0.3, 0.4) is 0 Å². The molecular formula is C11H16O2. The number of carbonyl (C=O) groups is 1. The van der Waals surface area contributed by atoms with E-state index in [1.165, 1.54) is 0 Å². The topological polar surface area (TPSA) is 26.3 Å². The number of hydrogen-bond acceptors (Lipinski definition) is 2. The molecule has 0 aromatic heterocycles. The van der Waals surface area contributed by atoms with E-state index in [4.69, 9.17) is 4.74 Å². The molecule has 13 heavy (non-hydrogen) atoms. The van der Waals surface area contributed by atoms with Gasteiger partial charge in [-0.1, -0.05) is 25.1 Å². The van der Waals surface area contributed by atoms with E-state index in [9.17, 15) is 4.79 Å². The Hall–Kier alpha value is -1.31. The maximum absolute atomic E-state index is 9.17. The molecule has 0 saturated heterocycles. The molecule has 0 radical (unpaired) electrons. The average Bonchev–Trinajstić information content (AvgIpc) is 2.20. The lowest BCUT2D eigenvalue weighted by Gasteiger charge is -1.99. The van der Waals surface area contributed by atoms with Gasteiger partial charge in [0.15, 0.2) is 0 Å². The first-order valence-corrected chi connectivity index (χ1v) is 4.46. The second-order valence-corrected chi connectivity index (χ2v) is 2.32. The number of hydrogen-bond donors (Lipinski definition) is 0. The van der Waals surface area contributed by atoms with Gasteiger partial charge in [-0.2, -0.15) is 0 Å². The van der Waals surface area contributed by atoms with Gasteiger partial charge in [-0.15, -0.1) is 0 Å². The summed E-state index contributed by atoms with van der Waals surface area (Å²) in [5.41, 5.74) is 0. The van der Waals surface area contributed by atoms with Crippen LogP contribution in [0.25, 0.3) is 0 Å². The molecule has 0 aliphatic carbocycles. The van der Waals surface area contributed by atoms with Crippen molar-refractivity contribution in [2.75, 3.05) is 6.61 Å². The Morgan fingerprint density at radius 3 is 2.15 bits per heavy atom. The van der Waals surface area contributed by atoms with E-state index >= 15 is 0 Å². The van der Waals surface area contributed by atoms with Gasteiger partial charge in [0.25, 0.3) is 0 Å². The third-order valence-corrected chi connectivity index (χ3v) is 1.22. The van der Waals surface area contributed by atoms with Gasteiger partial charge in [-0.3, -0.25) is 0 Å². The first-order valence-electron chi connectivity index (χ1n) is 4.46. The molecule has 0 N–H and O–H groups in total. The molecule has 0 aliphatic rings. The summed E-state index contributed by atoms with van der Waals surface area (Å²) in [4.78, 5) is 9.17. The van der Waals surface area contributed by atoms with Crippen LogP contribution in [0.1, 0.15) is 20.3 Å².